The predicted molar refractivity (Wildman–Crippen MR) is 126 cm³/mol. The smallest absolute Gasteiger partial charge is 0.220 e. The molecule has 9 heteroatoms. The van der Waals surface area contributed by atoms with Gasteiger partial charge in [0, 0.05) is 44.1 Å². The molecule has 9 nitrogen and oxygen atoms in total. The van der Waals surface area contributed by atoms with Gasteiger partial charge in [-0.05, 0) is 38.0 Å². The second kappa shape index (κ2) is 9.18. The maximum Gasteiger partial charge on any atom is 0.220 e. The van der Waals surface area contributed by atoms with Crippen LogP contribution in [0.25, 0.3) is 22.6 Å². The minimum absolute atomic E-state index is 0.0523. The summed E-state index contributed by atoms with van der Waals surface area (Å²) >= 11 is 0. The maximum absolute atomic E-state index is 12.5. The minimum Gasteiger partial charge on any atom is -0.455 e. The number of amides is 1. The normalized spacial score (nSPS) is 17.9. The van der Waals surface area contributed by atoms with E-state index >= 15 is 0 Å². The van der Waals surface area contributed by atoms with E-state index in [0.29, 0.717) is 29.6 Å². The molecular formula is C25H26N6O3. The fourth-order valence-corrected chi connectivity index (χ4v) is 4.60. The van der Waals surface area contributed by atoms with E-state index in [4.69, 9.17) is 14.5 Å². The third-order valence-corrected chi connectivity index (χ3v) is 6.13. The number of imidazole rings is 1. The van der Waals surface area contributed by atoms with Crippen molar-refractivity contribution in [3.63, 3.8) is 0 Å². The number of ether oxygens (including phenoxy) is 2. The first kappa shape index (κ1) is 22.0. The van der Waals surface area contributed by atoms with Crippen molar-refractivity contribution in [3.05, 3.63) is 60.3 Å². The molecule has 174 valence electrons. The van der Waals surface area contributed by atoms with Crippen LogP contribution in [0.4, 0.5) is 0 Å². The highest BCUT2D eigenvalue weighted by atomic mass is 16.5. The molecule has 3 aromatic heterocycles. The Morgan fingerprint density at radius 2 is 2.06 bits per heavy atom. The SMILES string of the molecule is COCc1ccc(Oc2cc3nc(-c4cnccn4)[nH]c3cc2[C@H]2CC[C@H](C)N2C(C)=O)cn1. The number of carbonyl (C=O) groups excluding carboxylic acids is 1. The molecule has 1 aromatic carbocycles. The maximum atomic E-state index is 12.5. The first-order valence-electron chi connectivity index (χ1n) is 11.2. The molecule has 0 spiro atoms. The molecule has 34 heavy (non-hydrogen) atoms. The molecule has 0 unspecified atom stereocenters. The van der Waals surface area contributed by atoms with Crippen molar-refractivity contribution in [2.45, 2.75) is 45.4 Å². The van der Waals surface area contributed by atoms with Gasteiger partial charge in [0.2, 0.25) is 5.91 Å². The Morgan fingerprint density at radius 1 is 1.18 bits per heavy atom. The van der Waals surface area contributed by atoms with Crippen molar-refractivity contribution in [1.82, 2.24) is 29.8 Å². The molecule has 4 aromatic rings. The molecule has 0 radical (unpaired) electrons. The van der Waals surface area contributed by atoms with Crippen LogP contribution in [0.2, 0.25) is 0 Å². The van der Waals surface area contributed by atoms with Crippen molar-refractivity contribution in [2.75, 3.05) is 7.11 Å². The van der Waals surface area contributed by atoms with Crippen LogP contribution in [0.3, 0.4) is 0 Å². The third kappa shape index (κ3) is 4.22. The van der Waals surface area contributed by atoms with Gasteiger partial charge in [0.25, 0.3) is 0 Å². The van der Waals surface area contributed by atoms with Crippen LogP contribution < -0.4 is 4.74 Å². The Labute approximate surface area is 197 Å². The molecule has 1 aliphatic rings. The zero-order chi connectivity index (χ0) is 23.7. The third-order valence-electron chi connectivity index (χ3n) is 6.13. The first-order chi connectivity index (χ1) is 16.5. The summed E-state index contributed by atoms with van der Waals surface area (Å²) in [7, 11) is 1.64. The van der Waals surface area contributed by atoms with Gasteiger partial charge in [-0.1, -0.05) is 0 Å². The van der Waals surface area contributed by atoms with E-state index in [9.17, 15) is 4.79 Å². The molecular weight excluding hydrogens is 432 g/mol. The second-order valence-electron chi connectivity index (χ2n) is 8.47. The quantitative estimate of drug-likeness (QED) is 0.456. The lowest BCUT2D eigenvalue weighted by Crippen LogP contribution is -2.33. The Kier molecular flexibility index (Phi) is 5.93. The van der Waals surface area contributed by atoms with Gasteiger partial charge in [0.05, 0.1) is 41.8 Å². The number of H-pyrrole nitrogens is 1. The van der Waals surface area contributed by atoms with E-state index in [1.807, 2.05) is 29.2 Å². The number of benzene rings is 1. The molecule has 1 fully saturated rings. The molecule has 1 aliphatic heterocycles. The lowest BCUT2D eigenvalue weighted by molar-refractivity contribution is -0.131. The molecule has 0 bridgehead atoms. The van der Waals surface area contributed by atoms with Crippen LogP contribution in [0, 0.1) is 0 Å². The Hall–Kier alpha value is -3.85. The molecule has 1 saturated heterocycles. The monoisotopic (exact) mass is 458 g/mol. The molecule has 4 heterocycles. The van der Waals surface area contributed by atoms with Crippen molar-refractivity contribution >= 4 is 16.9 Å². The van der Waals surface area contributed by atoms with Gasteiger partial charge in [0.15, 0.2) is 5.82 Å². The van der Waals surface area contributed by atoms with E-state index in [-0.39, 0.29) is 18.0 Å². The summed E-state index contributed by atoms with van der Waals surface area (Å²) in [6.07, 6.45) is 8.39. The van der Waals surface area contributed by atoms with E-state index in [1.165, 1.54) is 0 Å². The van der Waals surface area contributed by atoms with Crippen LogP contribution in [0.5, 0.6) is 11.5 Å². The number of nitrogens with zero attached hydrogens (tertiary/aromatic N) is 5. The molecule has 1 amide bonds. The number of methoxy groups -OCH3 is 1. The molecule has 0 aliphatic carbocycles. The highest BCUT2D eigenvalue weighted by Crippen LogP contribution is 2.42. The van der Waals surface area contributed by atoms with E-state index in [1.54, 1.807) is 38.8 Å². The second-order valence-corrected chi connectivity index (χ2v) is 8.47. The number of pyridine rings is 1. The summed E-state index contributed by atoms with van der Waals surface area (Å²) in [5, 5.41) is 0. The molecule has 0 saturated carbocycles. The number of aromatic nitrogens is 5. The summed E-state index contributed by atoms with van der Waals surface area (Å²) in [5.41, 5.74) is 3.99. The number of fused-ring (bicyclic) bond motifs is 1. The average molecular weight is 459 g/mol. The highest BCUT2D eigenvalue weighted by Gasteiger charge is 2.35. The minimum atomic E-state index is -0.0871. The topological polar surface area (TPSA) is 106 Å². The summed E-state index contributed by atoms with van der Waals surface area (Å²) in [4.78, 5) is 35.4. The van der Waals surface area contributed by atoms with Crippen LogP contribution >= 0.6 is 0 Å². The number of hydrogen-bond acceptors (Lipinski definition) is 7. The van der Waals surface area contributed by atoms with Crippen LogP contribution in [0.1, 0.15) is 44.0 Å². The summed E-state index contributed by atoms with van der Waals surface area (Å²) in [5.74, 6) is 1.93. The van der Waals surface area contributed by atoms with Crippen molar-refractivity contribution in [1.29, 1.82) is 0 Å². The van der Waals surface area contributed by atoms with Crippen molar-refractivity contribution < 1.29 is 14.3 Å². The van der Waals surface area contributed by atoms with Gasteiger partial charge in [-0.2, -0.15) is 0 Å². The number of nitrogens with one attached hydrogen (secondary N) is 1. The van der Waals surface area contributed by atoms with Crippen LogP contribution in [0.15, 0.2) is 49.1 Å². The van der Waals surface area contributed by atoms with E-state index < -0.39 is 0 Å². The van der Waals surface area contributed by atoms with Crippen LogP contribution in [-0.2, 0) is 16.1 Å². The number of aromatic amines is 1. The Bertz CT molecular complexity index is 1310. The van der Waals surface area contributed by atoms with Crippen LogP contribution in [-0.4, -0.2) is 48.9 Å². The van der Waals surface area contributed by atoms with Gasteiger partial charge in [-0.3, -0.25) is 14.8 Å². The van der Waals surface area contributed by atoms with Gasteiger partial charge in [-0.15, -0.1) is 0 Å². The zero-order valence-corrected chi connectivity index (χ0v) is 19.4. The largest absolute Gasteiger partial charge is 0.455 e. The predicted octanol–water partition coefficient (Wildman–Crippen LogP) is 4.43. The Morgan fingerprint density at radius 3 is 2.76 bits per heavy atom. The lowest BCUT2D eigenvalue weighted by Gasteiger charge is -2.29. The summed E-state index contributed by atoms with van der Waals surface area (Å²) < 4.78 is 11.5. The van der Waals surface area contributed by atoms with Gasteiger partial charge in [0.1, 0.15) is 17.2 Å². The number of carbonyl (C=O) groups is 1. The highest BCUT2D eigenvalue weighted by molar-refractivity contribution is 5.82. The molecule has 2 atom stereocenters. The number of rotatable bonds is 6. The van der Waals surface area contributed by atoms with Crippen molar-refractivity contribution in [3.8, 4) is 23.0 Å². The fraction of sp³-hybridized carbons (Fsp3) is 0.320. The molecule has 1 N–H and O–H groups in total. The zero-order valence-electron chi connectivity index (χ0n) is 19.4. The fourth-order valence-electron chi connectivity index (χ4n) is 4.60. The van der Waals surface area contributed by atoms with Gasteiger partial charge in [-0.25, -0.2) is 9.97 Å². The lowest BCUT2D eigenvalue weighted by atomic mass is 10.0. The standard InChI is InChI=1S/C25H26N6O3/c1-15-4-7-23(31(15)16(2)32)19-10-20-21(30-25(29-20)22-13-26-8-9-27-22)11-24(19)34-18-6-5-17(14-33-3)28-12-18/h5-6,8-13,15,23H,4,7,14H2,1-3H3,(H,29,30)/t15-,23+/m0/s1. The molecule has 5 rings (SSSR count). The van der Waals surface area contributed by atoms with Gasteiger partial charge < -0.3 is 19.4 Å². The first-order valence-corrected chi connectivity index (χ1v) is 11.2. The Balaban J connectivity index is 1.59. The van der Waals surface area contributed by atoms with Gasteiger partial charge >= 0.3 is 0 Å². The number of hydrogen-bond donors (Lipinski definition) is 1. The van der Waals surface area contributed by atoms with Crippen molar-refractivity contribution in [2.24, 2.45) is 0 Å². The summed E-state index contributed by atoms with van der Waals surface area (Å²) in [6.45, 7) is 4.14. The summed E-state index contributed by atoms with van der Waals surface area (Å²) in [6, 6.07) is 7.75. The average Bonchev–Trinajstić information content (AvgIpc) is 3.43. The van der Waals surface area contributed by atoms with E-state index in [0.717, 1.165) is 35.1 Å². The number of likely N-dealkylation sites (tertiary alicyclic amines) is 1. The van der Waals surface area contributed by atoms with E-state index in [2.05, 4.69) is 26.9 Å².